The Bertz CT molecular complexity index is 386. The van der Waals surface area contributed by atoms with Crippen molar-refractivity contribution in [2.45, 2.75) is 59.3 Å². The van der Waals surface area contributed by atoms with Crippen molar-refractivity contribution in [1.82, 2.24) is 5.32 Å². The minimum atomic E-state index is 0.185. The monoisotopic (exact) mass is 289 g/mol. The molecule has 1 aliphatic carbocycles. The SMILES string of the molecule is C=C/C=C\C(=C/C(C)CC)NC(=O)C1CCC(CC)CC1. The molecule has 0 aromatic heterocycles. The summed E-state index contributed by atoms with van der Waals surface area (Å²) in [6, 6.07) is 0. The first-order valence-electron chi connectivity index (χ1n) is 8.42. The summed E-state index contributed by atoms with van der Waals surface area (Å²) in [5, 5.41) is 3.11. The number of hydrogen-bond donors (Lipinski definition) is 1. The molecule has 0 aromatic rings. The highest BCUT2D eigenvalue weighted by molar-refractivity contribution is 5.80. The standard InChI is InChI=1S/C19H31NO/c1-5-8-9-18(14-15(4)6-2)20-19(21)17-12-10-16(7-3)11-13-17/h5,8-9,14-17H,1,6-7,10-13H2,2-4H3,(H,20,21)/b9-8-,18-14+. The Morgan fingerprint density at radius 1 is 1.29 bits per heavy atom. The molecule has 0 aliphatic heterocycles. The molecule has 21 heavy (non-hydrogen) atoms. The van der Waals surface area contributed by atoms with E-state index in [9.17, 15) is 4.79 Å². The Morgan fingerprint density at radius 2 is 1.95 bits per heavy atom. The largest absolute Gasteiger partial charge is 0.326 e. The number of allylic oxidation sites excluding steroid dienone is 4. The molecule has 0 heterocycles. The molecule has 0 bridgehead atoms. The second kappa shape index (κ2) is 9.59. The number of carbonyl (C=O) groups excluding carboxylic acids is 1. The minimum Gasteiger partial charge on any atom is -0.326 e. The van der Waals surface area contributed by atoms with Crippen LogP contribution in [0.3, 0.4) is 0 Å². The molecule has 118 valence electrons. The molecule has 2 heteroatoms. The molecule has 1 aliphatic rings. The zero-order chi connectivity index (χ0) is 15.7. The van der Waals surface area contributed by atoms with Crippen LogP contribution in [-0.4, -0.2) is 5.91 Å². The van der Waals surface area contributed by atoms with Gasteiger partial charge in [0.2, 0.25) is 5.91 Å². The number of nitrogens with one attached hydrogen (secondary N) is 1. The van der Waals surface area contributed by atoms with Gasteiger partial charge in [-0.05, 0) is 43.6 Å². The van der Waals surface area contributed by atoms with Crippen LogP contribution in [0.4, 0.5) is 0 Å². The molecule has 1 saturated carbocycles. The van der Waals surface area contributed by atoms with E-state index >= 15 is 0 Å². The van der Waals surface area contributed by atoms with Crippen LogP contribution in [-0.2, 0) is 4.79 Å². The Balaban J connectivity index is 2.62. The van der Waals surface area contributed by atoms with Gasteiger partial charge in [-0.3, -0.25) is 4.79 Å². The van der Waals surface area contributed by atoms with Gasteiger partial charge in [0, 0.05) is 11.6 Å². The lowest BCUT2D eigenvalue weighted by molar-refractivity contribution is -0.125. The Kier molecular flexibility index (Phi) is 8.11. The van der Waals surface area contributed by atoms with Gasteiger partial charge in [-0.2, -0.15) is 0 Å². The molecule has 1 fully saturated rings. The van der Waals surface area contributed by atoms with Crippen molar-refractivity contribution in [3.05, 3.63) is 36.6 Å². The minimum absolute atomic E-state index is 0.185. The third-order valence-corrected chi connectivity index (χ3v) is 4.58. The van der Waals surface area contributed by atoms with Crippen LogP contribution in [0, 0.1) is 17.8 Å². The summed E-state index contributed by atoms with van der Waals surface area (Å²) in [4.78, 5) is 12.4. The van der Waals surface area contributed by atoms with Crippen LogP contribution in [0.2, 0.25) is 0 Å². The number of amides is 1. The van der Waals surface area contributed by atoms with Crippen molar-refractivity contribution in [1.29, 1.82) is 0 Å². The first-order chi connectivity index (χ1) is 10.1. The molecule has 1 N–H and O–H groups in total. The predicted octanol–water partition coefficient (Wildman–Crippen LogP) is 4.99. The van der Waals surface area contributed by atoms with Crippen LogP contribution >= 0.6 is 0 Å². The van der Waals surface area contributed by atoms with Crippen molar-refractivity contribution >= 4 is 5.91 Å². The summed E-state index contributed by atoms with van der Waals surface area (Å²) >= 11 is 0. The zero-order valence-electron chi connectivity index (χ0n) is 13.9. The van der Waals surface area contributed by atoms with Crippen molar-refractivity contribution in [3.8, 4) is 0 Å². The number of carbonyl (C=O) groups is 1. The molecule has 1 unspecified atom stereocenters. The summed E-state index contributed by atoms with van der Waals surface area (Å²) in [5.41, 5.74) is 0.909. The molecule has 0 aromatic carbocycles. The van der Waals surface area contributed by atoms with Crippen LogP contribution in [0.15, 0.2) is 36.6 Å². The lowest BCUT2D eigenvalue weighted by Crippen LogP contribution is -2.32. The third-order valence-electron chi connectivity index (χ3n) is 4.58. The summed E-state index contributed by atoms with van der Waals surface area (Å²) in [5.74, 6) is 1.66. The maximum absolute atomic E-state index is 12.4. The molecule has 1 amide bonds. The van der Waals surface area contributed by atoms with E-state index in [2.05, 4.69) is 38.7 Å². The fourth-order valence-electron chi connectivity index (χ4n) is 2.81. The van der Waals surface area contributed by atoms with Gasteiger partial charge in [-0.15, -0.1) is 0 Å². The fourth-order valence-corrected chi connectivity index (χ4v) is 2.81. The van der Waals surface area contributed by atoms with E-state index in [1.165, 1.54) is 19.3 Å². The van der Waals surface area contributed by atoms with Crippen LogP contribution in [0.1, 0.15) is 59.3 Å². The van der Waals surface area contributed by atoms with E-state index < -0.39 is 0 Å². The van der Waals surface area contributed by atoms with Gasteiger partial charge in [-0.25, -0.2) is 0 Å². The first-order valence-corrected chi connectivity index (χ1v) is 8.42. The average molecular weight is 289 g/mol. The van der Waals surface area contributed by atoms with Gasteiger partial charge >= 0.3 is 0 Å². The fraction of sp³-hybridized carbons (Fsp3) is 0.632. The highest BCUT2D eigenvalue weighted by Gasteiger charge is 2.25. The van der Waals surface area contributed by atoms with E-state index in [0.717, 1.165) is 30.9 Å². The molecule has 1 rings (SSSR count). The molecule has 2 nitrogen and oxygen atoms in total. The Labute approximate surface area is 130 Å². The smallest absolute Gasteiger partial charge is 0.227 e. The van der Waals surface area contributed by atoms with Gasteiger partial charge in [0.15, 0.2) is 0 Å². The Morgan fingerprint density at radius 3 is 2.48 bits per heavy atom. The summed E-state index contributed by atoms with van der Waals surface area (Å²) in [6.45, 7) is 10.3. The second-order valence-corrected chi connectivity index (χ2v) is 6.22. The Hall–Kier alpha value is -1.31. The highest BCUT2D eigenvalue weighted by atomic mass is 16.1. The molecular formula is C19H31NO. The highest BCUT2D eigenvalue weighted by Crippen LogP contribution is 2.30. The maximum atomic E-state index is 12.4. The van der Waals surface area contributed by atoms with Crippen molar-refractivity contribution in [2.75, 3.05) is 0 Å². The van der Waals surface area contributed by atoms with Crippen LogP contribution < -0.4 is 5.32 Å². The van der Waals surface area contributed by atoms with E-state index in [4.69, 9.17) is 0 Å². The predicted molar refractivity (Wildman–Crippen MR) is 90.8 cm³/mol. The quantitative estimate of drug-likeness (QED) is 0.657. The maximum Gasteiger partial charge on any atom is 0.227 e. The lowest BCUT2D eigenvalue weighted by atomic mass is 9.80. The van der Waals surface area contributed by atoms with E-state index in [1.807, 2.05) is 12.2 Å². The van der Waals surface area contributed by atoms with Crippen molar-refractivity contribution in [3.63, 3.8) is 0 Å². The first kappa shape index (κ1) is 17.7. The molecule has 1 atom stereocenters. The number of hydrogen-bond acceptors (Lipinski definition) is 1. The van der Waals surface area contributed by atoms with Gasteiger partial charge in [0.05, 0.1) is 0 Å². The van der Waals surface area contributed by atoms with Gasteiger partial charge in [0.1, 0.15) is 0 Å². The zero-order valence-corrected chi connectivity index (χ0v) is 13.9. The normalized spacial score (nSPS) is 24.8. The molecule has 0 saturated heterocycles. The van der Waals surface area contributed by atoms with Gasteiger partial charge in [0.25, 0.3) is 0 Å². The summed E-state index contributed by atoms with van der Waals surface area (Å²) in [6.07, 6.45) is 14.5. The second-order valence-electron chi connectivity index (χ2n) is 6.22. The summed E-state index contributed by atoms with van der Waals surface area (Å²) < 4.78 is 0. The van der Waals surface area contributed by atoms with Gasteiger partial charge in [-0.1, -0.05) is 58.4 Å². The van der Waals surface area contributed by atoms with E-state index in [0.29, 0.717) is 5.92 Å². The van der Waals surface area contributed by atoms with E-state index in [1.54, 1.807) is 6.08 Å². The molecular weight excluding hydrogens is 258 g/mol. The number of rotatable bonds is 7. The topological polar surface area (TPSA) is 29.1 Å². The summed E-state index contributed by atoms with van der Waals surface area (Å²) in [7, 11) is 0. The van der Waals surface area contributed by atoms with Crippen LogP contribution in [0.25, 0.3) is 0 Å². The molecule has 0 radical (unpaired) electrons. The van der Waals surface area contributed by atoms with Gasteiger partial charge < -0.3 is 5.32 Å². The molecule has 0 spiro atoms. The van der Waals surface area contributed by atoms with Crippen LogP contribution in [0.5, 0.6) is 0 Å². The van der Waals surface area contributed by atoms with Crippen molar-refractivity contribution < 1.29 is 4.79 Å². The van der Waals surface area contributed by atoms with Crippen molar-refractivity contribution in [2.24, 2.45) is 17.8 Å². The average Bonchev–Trinajstić information content (AvgIpc) is 2.52. The third kappa shape index (κ3) is 6.33. The lowest BCUT2D eigenvalue weighted by Gasteiger charge is -2.27. The van der Waals surface area contributed by atoms with E-state index in [-0.39, 0.29) is 11.8 Å².